The molecule has 2 N–H and O–H groups in total. The van der Waals surface area contributed by atoms with Gasteiger partial charge < -0.3 is 24.8 Å². The molecule has 1 saturated heterocycles. The molecule has 3 aromatic heterocycles. The van der Waals surface area contributed by atoms with Gasteiger partial charge in [-0.3, -0.25) is 0 Å². The van der Waals surface area contributed by atoms with E-state index >= 15 is 0 Å². The van der Waals surface area contributed by atoms with Crippen molar-refractivity contribution in [2.24, 2.45) is 0 Å². The van der Waals surface area contributed by atoms with Crippen molar-refractivity contribution >= 4 is 39.0 Å². The highest BCUT2D eigenvalue weighted by atomic mass is 32.1. The van der Waals surface area contributed by atoms with E-state index < -0.39 is 0 Å². The lowest BCUT2D eigenvalue weighted by Crippen LogP contribution is -2.44. The van der Waals surface area contributed by atoms with Gasteiger partial charge in [-0.1, -0.05) is 6.92 Å². The molecule has 4 heterocycles. The molecule has 1 fully saturated rings. The topological polar surface area (TPSA) is 82.2 Å². The van der Waals surface area contributed by atoms with Crippen LogP contribution in [0.5, 0.6) is 11.8 Å². The quantitative estimate of drug-likeness (QED) is 0.446. The van der Waals surface area contributed by atoms with Crippen LogP contribution >= 0.6 is 11.3 Å². The number of anilines is 3. The minimum absolute atomic E-state index is 0.322. The van der Waals surface area contributed by atoms with E-state index in [9.17, 15) is 0 Å². The fourth-order valence-corrected chi connectivity index (χ4v) is 4.54. The zero-order valence-electron chi connectivity index (χ0n) is 18.6. The molecule has 0 atom stereocenters. The zero-order chi connectivity index (χ0) is 22.1. The maximum atomic E-state index is 6.12. The molecule has 1 aliphatic heterocycles. The first-order chi connectivity index (χ1) is 15.6. The van der Waals surface area contributed by atoms with Gasteiger partial charge in [-0.25, -0.2) is 4.98 Å². The second-order valence-corrected chi connectivity index (χ2v) is 9.21. The molecule has 5 rings (SSSR count). The van der Waals surface area contributed by atoms with Crippen molar-refractivity contribution in [3.8, 4) is 11.8 Å². The third-order valence-corrected chi connectivity index (χ3v) is 6.65. The number of likely N-dealkylation sites (N-methyl/N-ethyl adjacent to an activating group) is 1. The van der Waals surface area contributed by atoms with Gasteiger partial charge in [-0.15, -0.1) is 11.3 Å². The number of nitrogens with zero attached hydrogens (tertiary/aromatic N) is 5. The van der Waals surface area contributed by atoms with Crippen molar-refractivity contribution in [1.82, 2.24) is 24.8 Å². The highest BCUT2D eigenvalue weighted by Gasteiger charge is 2.18. The second-order valence-electron chi connectivity index (χ2n) is 8.10. The summed E-state index contributed by atoms with van der Waals surface area (Å²) in [6.07, 6.45) is 2.87. The standard InChI is InChI=1S/C23H27N7OS/c1-4-18-14-24-23(32-18)27-20-13-21(30-9-7-29(3)8-10-30)28-22(26-20)31-17-5-6-19-16(12-17)11-15(2)25-19/h5-6,11-14,25H,4,7-10H2,1-3H3,(H,24,26,27,28). The van der Waals surface area contributed by atoms with E-state index in [1.807, 2.05) is 37.4 Å². The Morgan fingerprint density at radius 2 is 1.97 bits per heavy atom. The van der Waals surface area contributed by atoms with Gasteiger partial charge in [0.15, 0.2) is 5.13 Å². The number of hydrogen-bond donors (Lipinski definition) is 2. The minimum Gasteiger partial charge on any atom is -0.424 e. The molecule has 1 aliphatic rings. The van der Waals surface area contributed by atoms with Gasteiger partial charge in [0.1, 0.15) is 17.4 Å². The summed E-state index contributed by atoms with van der Waals surface area (Å²) in [6, 6.07) is 10.4. The first kappa shape index (κ1) is 20.7. The molecular weight excluding hydrogens is 422 g/mol. The second kappa shape index (κ2) is 8.76. The Hall–Kier alpha value is -3.17. The van der Waals surface area contributed by atoms with Gasteiger partial charge >= 0.3 is 6.01 Å². The summed E-state index contributed by atoms with van der Waals surface area (Å²) in [6.45, 7) is 8.00. The zero-order valence-corrected chi connectivity index (χ0v) is 19.4. The Balaban J connectivity index is 1.45. The number of aromatic amines is 1. The molecule has 166 valence electrons. The number of H-pyrrole nitrogens is 1. The van der Waals surface area contributed by atoms with Crippen LogP contribution < -0.4 is 15.0 Å². The molecule has 0 amide bonds. The van der Waals surface area contributed by atoms with E-state index in [0.29, 0.717) is 17.6 Å². The molecule has 0 bridgehead atoms. The van der Waals surface area contributed by atoms with Crippen LogP contribution in [-0.2, 0) is 6.42 Å². The maximum Gasteiger partial charge on any atom is 0.325 e. The number of thiazole rings is 1. The Morgan fingerprint density at radius 3 is 2.75 bits per heavy atom. The normalized spacial score (nSPS) is 14.8. The number of ether oxygens (including phenoxy) is 1. The maximum absolute atomic E-state index is 6.12. The van der Waals surface area contributed by atoms with E-state index in [4.69, 9.17) is 9.72 Å². The monoisotopic (exact) mass is 449 g/mol. The summed E-state index contributed by atoms with van der Waals surface area (Å²) < 4.78 is 6.12. The third-order valence-electron chi connectivity index (χ3n) is 5.59. The first-order valence-electron chi connectivity index (χ1n) is 10.9. The van der Waals surface area contributed by atoms with Crippen LogP contribution in [0, 0.1) is 6.92 Å². The van der Waals surface area contributed by atoms with Crippen LogP contribution in [0.3, 0.4) is 0 Å². The SMILES string of the molecule is CCc1cnc(Nc2cc(N3CCN(C)CC3)nc(Oc3ccc4[nH]c(C)cc4c3)n2)s1. The lowest BCUT2D eigenvalue weighted by molar-refractivity contribution is 0.311. The Morgan fingerprint density at radius 1 is 1.12 bits per heavy atom. The molecule has 4 aromatic rings. The molecule has 0 radical (unpaired) electrons. The van der Waals surface area contributed by atoms with Gasteiger partial charge in [0.2, 0.25) is 0 Å². The fraction of sp³-hybridized carbons (Fsp3) is 0.348. The number of hydrogen-bond acceptors (Lipinski definition) is 8. The van der Waals surface area contributed by atoms with Crippen LogP contribution in [0.2, 0.25) is 0 Å². The molecule has 0 saturated carbocycles. The Labute approximate surface area is 191 Å². The lowest BCUT2D eigenvalue weighted by Gasteiger charge is -2.33. The minimum atomic E-state index is 0.322. The average Bonchev–Trinajstić information content (AvgIpc) is 3.39. The number of piperazine rings is 1. The summed E-state index contributed by atoms with van der Waals surface area (Å²) in [5.74, 6) is 2.25. The number of rotatable bonds is 6. The van der Waals surface area contributed by atoms with Crippen LogP contribution in [-0.4, -0.2) is 58.1 Å². The molecule has 0 aliphatic carbocycles. The molecule has 9 heteroatoms. The van der Waals surface area contributed by atoms with E-state index in [-0.39, 0.29) is 0 Å². The van der Waals surface area contributed by atoms with Crippen molar-refractivity contribution in [2.45, 2.75) is 20.3 Å². The number of benzene rings is 1. The smallest absolute Gasteiger partial charge is 0.325 e. The predicted octanol–water partition coefficient (Wildman–Crippen LogP) is 4.57. The van der Waals surface area contributed by atoms with Gasteiger partial charge in [0.05, 0.1) is 0 Å². The third kappa shape index (κ3) is 4.53. The van der Waals surface area contributed by atoms with Crippen LogP contribution in [0.25, 0.3) is 10.9 Å². The predicted molar refractivity (Wildman–Crippen MR) is 130 cm³/mol. The lowest BCUT2D eigenvalue weighted by atomic mass is 10.2. The highest BCUT2D eigenvalue weighted by molar-refractivity contribution is 7.15. The summed E-state index contributed by atoms with van der Waals surface area (Å²) >= 11 is 1.64. The summed E-state index contributed by atoms with van der Waals surface area (Å²) in [7, 11) is 2.14. The van der Waals surface area contributed by atoms with Crippen molar-refractivity contribution in [3.63, 3.8) is 0 Å². The summed E-state index contributed by atoms with van der Waals surface area (Å²) in [5.41, 5.74) is 2.20. The first-order valence-corrected chi connectivity index (χ1v) is 11.7. The molecule has 0 spiro atoms. The van der Waals surface area contributed by atoms with Crippen molar-refractivity contribution in [1.29, 1.82) is 0 Å². The Kier molecular flexibility index (Phi) is 5.67. The molecule has 1 aromatic carbocycles. The van der Waals surface area contributed by atoms with Crippen LogP contribution in [0.1, 0.15) is 17.5 Å². The van der Waals surface area contributed by atoms with E-state index in [2.05, 4.69) is 50.1 Å². The van der Waals surface area contributed by atoms with Gasteiger partial charge in [-0.05, 0) is 44.7 Å². The van der Waals surface area contributed by atoms with Gasteiger partial charge in [0, 0.05) is 59.9 Å². The number of aromatic nitrogens is 4. The average molecular weight is 450 g/mol. The molecule has 0 unspecified atom stereocenters. The highest BCUT2D eigenvalue weighted by Crippen LogP contribution is 2.29. The number of nitrogens with one attached hydrogen (secondary N) is 2. The van der Waals surface area contributed by atoms with Crippen LogP contribution in [0.4, 0.5) is 16.8 Å². The summed E-state index contributed by atoms with van der Waals surface area (Å²) in [4.78, 5) is 23.0. The fourth-order valence-electron chi connectivity index (χ4n) is 3.78. The summed E-state index contributed by atoms with van der Waals surface area (Å²) in [5, 5.41) is 5.26. The van der Waals surface area contributed by atoms with Crippen molar-refractivity contribution in [3.05, 3.63) is 47.1 Å². The van der Waals surface area contributed by atoms with Gasteiger partial charge in [0.25, 0.3) is 0 Å². The van der Waals surface area contributed by atoms with Crippen LogP contribution in [0.15, 0.2) is 36.5 Å². The van der Waals surface area contributed by atoms with Crippen molar-refractivity contribution in [2.75, 3.05) is 43.4 Å². The van der Waals surface area contributed by atoms with E-state index in [0.717, 1.165) is 60.1 Å². The van der Waals surface area contributed by atoms with E-state index in [1.165, 1.54) is 4.88 Å². The Bertz CT molecular complexity index is 1230. The van der Waals surface area contributed by atoms with E-state index in [1.54, 1.807) is 11.3 Å². The molecule has 32 heavy (non-hydrogen) atoms. The molecular formula is C23H27N7OS. The van der Waals surface area contributed by atoms with Crippen molar-refractivity contribution < 1.29 is 4.74 Å². The van der Waals surface area contributed by atoms with Gasteiger partial charge in [-0.2, -0.15) is 9.97 Å². The number of aryl methyl sites for hydroxylation is 2. The molecule has 8 nitrogen and oxygen atoms in total. The number of fused-ring (bicyclic) bond motifs is 1. The largest absolute Gasteiger partial charge is 0.424 e.